The van der Waals surface area contributed by atoms with Gasteiger partial charge in [0.2, 0.25) is 5.91 Å². The van der Waals surface area contributed by atoms with E-state index in [9.17, 15) is 9.28 Å². The smallest absolute Gasteiger partial charge is 0.239 e. The third kappa shape index (κ3) is 1.18. The third-order valence-electron chi connectivity index (χ3n) is 1.42. The molecule has 1 N–H and O–H groups in total. The molecule has 0 aromatic heterocycles. The van der Waals surface area contributed by atoms with E-state index < -0.39 is 6.04 Å². The molecular formula is C5H9FN2O. The number of carbonyl (C=O) groups is 1. The molecule has 0 spiro atoms. The maximum absolute atomic E-state index is 12.4. The van der Waals surface area contributed by atoms with Gasteiger partial charge in [-0.25, -0.2) is 0 Å². The van der Waals surface area contributed by atoms with Gasteiger partial charge in [-0.15, -0.1) is 9.60 Å². The molecule has 1 aliphatic heterocycles. The highest BCUT2D eigenvalue weighted by atomic mass is 19.2. The van der Waals surface area contributed by atoms with Gasteiger partial charge in [0.05, 0.1) is 0 Å². The number of piperazine rings is 1. The molecule has 52 valence electrons. The molecule has 0 bridgehead atoms. The van der Waals surface area contributed by atoms with E-state index in [1.165, 1.54) is 6.92 Å². The minimum atomic E-state index is -0.612. The number of carbonyl (C=O) groups excluding carboxylic acids is 1. The second-order valence-electron chi connectivity index (χ2n) is 2.09. The molecule has 1 saturated heterocycles. The molecule has 1 rings (SSSR count). The molecule has 4 heteroatoms. The molecule has 1 fully saturated rings. The van der Waals surface area contributed by atoms with Gasteiger partial charge >= 0.3 is 0 Å². The van der Waals surface area contributed by atoms with Crippen LogP contribution in [0.25, 0.3) is 0 Å². The molecule has 1 atom stereocenters. The lowest BCUT2D eigenvalue weighted by Gasteiger charge is -2.24. The van der Waals surface area contributed by atoms with E-state index in [1.807, 2.05) is 0 Å². The van der Waals surface area contributed by atoms with E-state index in [0.29, 0.717) is 18.2 Å². The number of amides is 1. The minimum Gasteiger partial charge on any atom is -0.353 e. The predicted molar refractivity (Wildman–Crippen MR) is 30.3 cm³/mol. The summed E-state index contributed by atoms with van der Waals surface area (Å²) in [4.78, 5) is 10.6. The lowest BCUT2D eigenvalue weighted by Crippen LogP contribution is -2.50. The van der Waals surface area contributed by atoms with Crippen LogP contribution in [-0.4, -0.2) is 30.2 Å². The van der Waals surface area contributed by atoms with Crippen molar-refractivity contribution in [2.75, 3.05) is 13.1 Å². The zero-order valence-corrected chi connectivity index (χ0v) is 5.22. The van der Waals surface area contributed by atoms with Crippen molar-refractivity contribution in [3.05, 3.63) is 0 Å². The second-order valence-corrected chi connectivity index (χ2v) is 2.09. The summed E-state index contributed by atoms with van der Waals surface area (Å²) in [5.74, 6) is -0.233. The van der Waals surface area contributed by atoms with Gasteiger partial charge in [0, 0.05) is 13.1 Å². The molecule has 1 aliphatic rings. The van der Waals surface area contributed by atoms with Crippen molar-refractivity contribution in [1.29, 1.82) is 0 Å². The summed E-state index contributed by atoms with van der Waals surface area (Å²) in [6.45, 7) is 2.25. The number of rotatable bonds is 0. The molecule has 9 heavy (non-hydrogen) atoms. The standard InChI is InChI=1S/C5H9FN2O/c1-4-5(9)7-2-3-8(4)6/h4H,2-3H2,1H3,(H,7,9). The minimum absolute atomic E-state index is 0.233. The first-order chi connectivity index (χ1) is 4.22. The molecule has 0 saturated carbocycles. The second kappa shape index (κ2) is 2.31. The summed E-state index contributed by atoms with van der Waals surface area (Å²) >= 11 is 0. The van der Waals surface area contributed by atoms with Gasteiger partial charge in [-0.05, 0) is 6.92 Å². The zero-order valence-electron chi connectivity index (χ0n) is 5.22. The Morgan fingerprint density at radius 1 is 1.89 bits per heavy atom. The monoisotopic (exact) mass is 132 g/mol. The van der Waals surface area contributed by atoms with Crippen molar-refractivity contribution in [3.8, 4) is 0 Å². The SMILES string of the molecule is CC1C(=O)NCCN1F. The van der Waals surface area contributed by atoms with Crippen LogP contribution in [-0.2, 0) is 4.79 Å². The number of nitrogens with zero attached hydrogens (tertiary/aromatic N) is 1. The molecule has 1 heterocycles. The molecule has 3 nitrogen and oxygen atoms in total. The van der Waals surface area contributed by atoms with Crippen molar-refractivity contribution in [1.82, 2.24) is 10.4 Å². The van der Waals surface area contributed by atoms with E-state index in [1.54, 1.807) is 0 Å². The van der Waals surface area contributed by atoms with Gasteiger partial charge in [-0.1, -0.05) is 0 Å². The summed E-state index contributed by atoms with van der Waals surface area (Å²) in [5.41, 5.74) is 0. The molecule has 0 radical (unpaired) electrons. The Kier molecular flexibility index (Phi) is 1.66. The summed E-state index contributed by atoms with van der Waals surface area (Å²) in [5, 5.41) is 3.08. The van der Waals surface area contributed by atoms with E-state index in [2.05, 4.69) is 5.32 Å². The first-order valence-electron chi connectivity index (χ1n) is 2.92. The molecule has 0 aromatic rings. The van der Waals surface area contributed by atoms with E-state index in [0.717, 1.165) is 0 Å². The number of hydrogen-bond donors (Lipinski definition) is 1. The van der Waals surface area contributed by atoms with Crippen molar-refractivity contribution in [2.24, 2.45) is 0 Å². The summed E-state index contributed by atoms with van der Waals surface area (Å²) in [6, 6.07) is -0.612. The Bertz CT molecular complexity index is 128. The number of nitrogens with one attached hydrogen (secondary N) is 1. The fourth-order valence-corrected chi connectivity index (χ4v) is 0.754. The lowest BCUT2D eigenvalue weighted by molar-refractivity contribution is -0.138. The van der Waals surface area contributed by atoms with E-state index >= 15 is 0 Å². The van der Waals surface area contributed by atoms with Gasteiger partial charge in [-0.2, -0.15) is 0 Å². The first kappa shape index (κ1) is 6.48. The van der Waals surface area contributed by atoms with Crippen LogP contribution in [0.5, 0.6) is 0 Å². The Balaban J connectivity index is 2.51. The van der Waals surface area contributed by atoms with Crippen LogP contribution in [0.2, 0.25) is 0 Å². The highest BCUT2D eigenvalue weighted by Crippen LogP contribution is 2.02. The Morgan fingerprint density at radius 2 is 2.56 bits per heavy atom. The van der Waals surface area contributed by atoms with Crippen molar-refractivity contribution < 1.29 is 9.28 Å². The Hall–Kier alpha value is -0.640. The van der Waals surface area contributed by atoms with Crippen LogP contribution >= 0.6 is 0 Å². The lowest BCUT2D eigenvalue weighted by atomic mass is 10.2. The van der Waals surface area contributed by atoms with Crippen molar-refractivity contribution >= 4 is 5.91 Å². The highest BCUT2D eigenvalue weighted by Gasteiger charge is 2.24. The largest absolute Gasteiger partial charge is 0.353 e. The molecular weight excluding hydrogens is 123 g/mol. The normalized spacial score (nSPS) is 30.0. The van der Waals surface area contributed by atoms with Crippen LogP contribution in [0.1, 0.15) is 6.92 Å². The molecule has 1 unspecified atom stereocenters. The topological polar surface area (TPSA) is 32.3 Å². The quantitative estimate of drug-likeness (QED) is 0.458. The van der Waals surface area contributed by atoms with E-state index in [4.69, 9.17) is 0 Å². The number of halogens is 1. The first-order valence-corrected chi connectivity index (χ1v) is 2.92. The van der Waals surface area contributed by atoms with Crippen LogP contribution in [0.15, 0.2) is 0 Å². The van der Waals surface area contributed by atoms with Gasteiger partial charge in [0.15, 0.2) is 0 Å². The average molecular weight is 132 g/mol. The summed E-state index contributed by atoms with van der Waals surface area (Å²) < 4.78 is 12.4. The molecule has 1 amide bonds. The van der Waals surface area contributed by atoms with Crippen molar-refractivity contribution in [2.45, 2.75) is 13.0 Å². The maximum Gasteiger partial charge on any atom is 0.239 e. The summed E-state index contributed by atoms with van der Waals surface area (Å²) in [7, 11) is 0. The van der Waals surface area contributed by atoms with Crippen molar-refractivity contribution in [3.63, 3.8) is 0 Å². The van der Waals surface area contributed by atoms with E-state index in [-0.39, 0.29) is 5.91 Å². The highest BCUT2D eigenvalue weighted by molar-refractivity contribution is 5.81. The maximum atomic E-state index is 12.4. The average Bonchev–Trinajstić information content (AvgIpc) is 1.83. The fourth-order valence-electron chi connectivity index (χ4n) is 0.754. The fraction of sp³-hybridized carbons (Fsp3) is 0.800. The van der Waals surface area contributed by atoms with Gasteiger partial charge < -0.3 is 5.32 Å². The molecule has 0 aliphatic carbocycles. The predicted octanol–water partition coefficient (Wildman–Crippen LogP) is -0.309. The Labute approximate surface area is 52.8 Å². The summed E-state index contributed by atoms with van der Waals surface area (Å²) in [6.07, 6.45) is 0. The Morgan fingerprint density at radius 3 is 3.00 bits per heavy atom. The van der Waals surface area contributed by atoms with Crippen LogP contribution in [0, 0.1) is 0 Å². The molecule has 0 aromatic carbocycles. The van der Waals surface area contributed by atoms with Gasteiger partial charge in [-0.3, -0.25) is 4.79 Å². The number of hydrogen-bond acceptors (Lipinski definition) is 2. The van der Waals surface area contributed by atoms with Crippen LogP contribution in [0.4, 0.5) is 4.48 Å². The zero-order chi connectivity index (χ0) is 6.85. The van der Waals surface area contributed by atoms with Gasteiger partial charge in [0.1, 0.15) is 6.04 Å². The third-order valence-corrected chi connectivity index (χ3v) is 1.42. The van der Waals surface area contributed by atoms with Crippen LogP contribution in [0.3, 0.4) is 0 Å². The van der Waals surface area contributed by atoms with Gasteiger partial charge in [0.25, 0.3) is 0 Å². The van der Waals surface area contributed by atoms with Crippen LogP contribution < -0.4 is 5.32 Å².